The van der Waals surface area contributed by atoms with Gasteiger partial charge < -0.3 is 5.73 Å². The highest BCUT2D eigenvalue weighted by atomic mass is 35.5. The smallest absolute Gasteiger partial charge is 0.194 e. The summed E-state index contributed by atoms with van der Waals surface area (Å²) in [6, 6.07) is 4.76. The van der Waals surface area contributed by atoms with Crippen LogP contribution in [0.3, 0.4) is 0 Å². The summed E-state index contributed by atoms with van der Waals surface area (Å²) in [5, 5.41) is 0. The van der Waals surface area contributed by atoms with E-state index in [-0.39, 0.29) is 5.56 Å². The highest BCUT2D eigenvalue weighted by molar-refractivity contribution is 7.16. The Bertz CT molecular complexity index is 570. The highest BCUT2D eigenvalue weighted by Crippen LogP contribution is 2.27. The van der Waals surface area contributed by atoms with Crippen molar-refractivity contribution in [3.63, 3.8) is 0 Å². The molecule has 0 saturated heterocycles. The zero-order valence-corrected chi connectivity index (χ0v) is 10.7. The van der Waals surface area contributed by atoms with Crippen LogP contribution in [-0.2, 0) is 6.42 Å². The SMILES string of the molecule is NC(Cc1ccc(Cl)s1)c1ccc(F)c(F)c1F. The van der Waals surface area contributed by atoms with Crippen LogP contribution in [0.15, 0.2) is 24.3 Å². The van der Waals surface area contributed by atoms with Crippen LogP contribution in [0.5, 0.6) is 0 Å². The van der Waals surface area contributed by atoms with Gasteiger partial charge in [-0.05, 0) is 18.2 Å². The van der Waals surface area contributed by atoms with Crippen LogP contribution in [-0.4, -0.2) is 0 Å². The molecule has 0 saturated carbocycles. The summed E-state index contributed by atoms with van der Waals surface area (Å²) >= 11 is 7.08. The van der Waals surface area contributed by atoms with E-state index in [9.17, 15) is 13.2 Å². The van der Waals surface area contributed by atoms with Crippen molar-refractivity contribution >= 4 is 22.9 Å². The first-order chi connectivity index (χ1) is 8.49. The Labute approximate surface area is 111 Å². The molecule has 0 radical (unpaired) electrons. The third-order valence-corrected chi connectivity index (χ3v) is 3.77. The molecule has 0 bridgehead atoms. The van der Waals surface area contributed by atoms with Gasteiger partial charge in [0, 0.05) is 22.9 Å². The zero-order chi connectivity index (χ0) is 13.3. The van der Waals surface area contributed by atoms with E-state index in [1.807, 2.05) is 0 Å². The molecule has 2 N–H and O–H groups in total. The standard InChI is InChI=1S/C12H9ClF3NS/c13-10-4-1-6(18-10)5-9(17)7-2-3-8(14)12(16)11(7)15/h1-4,9H,5,17H2. The molecule has 0 spiro atoms. The minimum atomic E-state index is -1.49. The monoisotopic (exact) mass is 291 g/mol. The molecule has 0 amide bonds. The molecular weight excluding hydrogens is 283 g/mol. The maximum atomic E-state index is 13.5. The van der Waals surface area contributed by atoms with Gasteiger partial charge in [0.05, 0.1) is 4.34 Å². The third kappa shape index (κ3) is 2.68. The first-order valence-corrected chi connectivity index (χ1v) is 6.31. The maximum absolute atomic E-state index is 13.5. The molecule has 1 aromatic heterocycles. The Balaban J connectivity index is 2.24. The minimum Gasteiger partial charge on any atom is -0.324 e. The molecule has 96 valence electrons. The number of hydrogen-bond acceptors (Lipinski definition) is 2. The summed E-state index contributed by atoms with van der Waals surface area (Å²) in [5.41, 5.74) is 5.75. The summed E-state index contributed by atoms with van der Waals surface area (Å²) in [5.74, 6) is -3.94. The molecule has 1 aromatic carbocycles. The predicted molar refractivity (Wildman–Crippen MR) is 66.3 cm³/mol. The fourth-order valence-electron chi connectivity index (χ4n) is 1.62. The van der Waals surface area contributed by atoms with Gasteiger partial charge in [0.2, 0.25) is 0 Å². The van der Waals surface area contributed by atoms with Crippen molar-refractivity contribution in [2.45, 2.75) is 12.5 Å². The molecule has 0 aliphatic rings. The Morgan fingerprint density at radius 2 is 1.83 bits per heavy atom. The molecule has 1 unspecified atom stereocenters. The lowest BCUT2D eigenvalue weighted by molar-refractivity contribution is 0.435. The second kappa shape index (κ2) is 5.30. The Morgan fingerprint density at radius 1 is 1.11 bits per heavy atom. The Kier molecular flexibility index (Phi) is 3.94. The number of thiophene rings is 1. The number of benzene rings is 1. The van der Waals surface area contributed by atoms with E-state index in [1.165, 1.54) is 11.3 Å². The van der Waals surface area contributed by atoms with Crippen LogP contribution in [0.1, 0.15) is 16.5 Å². The summed E-state index contributed by atoms with van der Waals surface area (Å²) in [4.78, 5) is 0.858. The number of hydrogen-bond donors (Lipinski definition) is 1. The molecule has 1 heterocycles. The van der Waals surface area contributed by atoms with Crippen molar-refractivity contribution < 1.29 is 13.2 Å². The van der Waals surface area contributed by atoms with E-state index in [2.05, 4.69) is 0 Å². The lowest BCUT2D eigenvalue weighted by Gasteiger charge is -2.12. The number of halogens is 4. The van der Waals surface area contributed by atoms with Gasteiger partial charge in [-0.2, -0.15) is 0 Å². The van der Waals surface area contributed by atoms with Crippen molar-refractivity contribution in [3.8, 4) is 0 Å². The third-order valence-electron chi connectivity index (χ3n) is 2.51. The van der Waals surface area contributed by atoms with Gasteiger partial charge in [-0.15, -0.1) is 11.3 Å². The lowest BCUT2D eigenvalue weighted by atomic mass is 10.0. The molecule has 18 heavy (non-hydrogen) atoms. The van der Waals surface area contributed by atoms with E-state index < -0.39 is 23.5 Å². The van der Waals surface area contributed by atoms with Gasteiger partial charge >= 0.3 is 0 Å². The molecule has 2 aromatic rings. The van der Waals surface area contributed by atoms with Crippen LogP contribution in [0.4, 0.5) is 13.2 Å². The average Bonchev–Trinajstić information content (AvgIpc) is 2.71. The summed E-state index contributed by atoms with van der Waals surface area (Å²) in [7, 11) is 0. The van der Waals surface area contributed by atoms with Crippen LogP contribution >= 0.6 is 22.9 Å². The van der Waals surface area contributed by atoms with Crippen molar-refractivity contribution in [3.05, 3.63) is 56.5 Å². The Hall–Kier alpha value is -1.04. The molecule has 0 fully saturated rings. The normalized spacial score (nSPS) is 12.7. The van der Waals surface area contributed by atoms with Crippen molar-refractivity contribution in [1.29, 1.82) is 0 Å². The lowest BCUT2D eigenvalue weighted by Crippen LogP contribution is -2.15. The zero-order valence-electron chi connectivity index (χ0n) is 9.09. The predicted octanol–water partition coefficient (Wildman–Crippen LogP) is 4.06. The van der Waals surface area contributed by atoms with Crippen molar-refractivity contribution in [2.24, 2.45) is 5.73 Å². The second-order valence-electron chi connectivity index (χ2n) is 3.78. The Morgan fingerprint density at radius 3 is 2.44 bits per heavy atom. The van der Waals surface area contributed by atoms with Crippen molar-refractivity contribution in [1.82, 2.24) is 0 Å². The van der Waals surface area contributed by atoms with E-state index in [0.717, 1.165) is 17.0 Å². The van der Waals surface area contributed by atoms with Gasteiger partial charge in [0.15, 0.2) is 17.5 Å². The van der Waals surface area contributed by atoms with Gasteiger partial charge in [0.25, 0.3) is 0 Å². The molecule has 1 atom stereocenters. The fraction of sp³-hybridized carbons (Fsp3) is 0.167. The van der Waals surface area contributed by atoms with Crippen LogP contribution in [0, 0.1) is 17.5 Å². The van der Waals surface area contributed by atoms with E-state index >= 15 is 0 Å². The first kappa shape index (κ1) is 13.4. The molecule has 0 aliphatic carbocycles. The van der Waals surface area contributed by atoms with E-state index in [4.69, 9.17) is 17.3 Å². The molecule has 1 nitrogen and oxygen atoms in total. The van der Waals surface area contributed by atoms with Crippen LogP contribution in [0.25, 0.3) is 0 Å². The van der Waals surface area contributed by atoms with Gasteiger partial charge in [-0.25, -0.2) is 13.2 Å². The highest BCUT2D eigenvalue weighted by Gasteiger charge is 2.18. The fourth-order valence-corrected chi connectivity index (χ4v) is 2.76. The number of rotatable bonds is 3. The van der Waals surface area contributed by atoms with E-state index in [0.29, 0.717) is 10.8 Å². The van der Waals surface area contributed by atoms with E-state index in [1.54, 1.807) is 12.1 Å². The van der Waals surface area contributed by atoms with Gasteiger partial charge in [-0.1, -0.05) is 17.7 Å². The minimum absolute atomic E-state index is 0.0431. The summed E-state index contributed by atoms with van der Waals surface area (Å²) in [6.07, 6.45) is 0.319. The topological polar surface area (TPSA) is 26.0 Å². The van der Waals surface area contributed by atoms with Crippen LogP contribution < -0.4 is 5.73 Å². The maximum Gasteiger partial charge on any atom is 0.194 e. The second-order valence-corrected chi connectivity index (χ2v) is 5.58. The van der Waals surface area contributed by atoms with Crippen LogP contribution in [0.2, 0.25) is 4.34 Å². The quantitative estimate of drug-likeness (QED) is 0.848. The molecule has 6 heteroatoms. The largest absolute Gasteiger partial charge is 0.324 e. The average molecular weight is 292 g/mol. The van der Waals surface area contributed by atoms with Crippen molar-refractivity contribution in [2.75, 3.05) is 0 Å². The van der Waals surface area contributed by atoms with Gasteiger partial charge in [-0.3, -0.25) is 0 Å². The molecule has 0 aliphatic heterocycles. The summed E-state index contributed by atoms with van der Waals surface area (Å²) in [6.45, 7) is 0. The first-order valence-electron chi connectivity index (χ1n) is 5.12. The molecular formula is C12H9ClF3NS. The number of nitrogens with two attached hydrogens (primary N) is 1. The summed E-state index contributed by atoms with van der Waals surface area (Å²) < 4.78 is 40.0. The molecule has 2 rings (SSSR count). The van der Waals surface area contributed by atoms with Gasteiger partial charge in [0.1, 0.15) is 0 Å².